The van der Waals surface area contributed by atoms with E-state index in [0.29, 0.717) is 24.7 Å². The highest BCUT2D eigenvalue weighted by Crippen LogP contribution is 2.25. The highest BCUT2D eigenvalue weighted by atomic mass is 32.2. The minimum absolute atomic E-state index is 0.110. The zero-order chi connectivity index (χ0) is 20.2. The summed E-state index contributed by atoms with van der Waals surface area (Å²) in [5, 5.41) is 9.24. The molecule has 2 saturated heterocycles. The highest BCUT2D eigenvalue weighted by molar-refractivity contribution is 7.99. The van der Waals surface area contributed by atoms with Gasteiger partial charge in [-0.3, -0.25) is 24.0 Å². The van der Waals surface area contributed by atoms with Crippen LogP contribution in [0.5, 0.6) is 0 Å². The van der Waals surface area contributed by atoms with Gasteiger partial charge in [0.05, 0.1) is 12.3 Å². The smallest absolute Gasteiger partial charge is 0.239 e. The minimum atomic E-state index is -0.309. The number of hydrogen-bond acceptors (Lipinski definition) is 6. The molecule has 2 aliphatic heterocycles. The standard InChI is InChI=1S/C20H24FN5O2S/c21-15-6-8-16(9-7-15)26-17(13-24-10-2-1-3-11-24)22-23-20(26)29-14-19(28)25-12-4-5-18(25)27/h6-9H,1-5,10-14H2. The number of likely N-dealkylation sites (tertiary alicyclic amines) is 2. The number of hydrogen-bond donors (Lipinski definition) is 0. The van der Waals surface area contributed by atoms with Gasteiger partial charge in [0.2, 0.25) is 11.8 Å². The van der Waals surface area contributed by atoms with Crippen LogP contribution in [0.2, 0.25) is 0 Å². The Morgan fingerprint density at radius 2 is 1.79 bits per heavy atom. The zero-order valence-electron chi connectivity index (χ0n) is 16.2. The first-order valence-corrected chi connectivity index (χ1v) is 11.0. The maximum absolute atomic E-state index is 13.4. The first-order chi connectivity index (χ1) is 14.1. The van der Waals surface area contributed by atoms with E-state index in [0.717, 1.165) is 31.0 Å². The molecule has 0 aliphatic carbocycles. The average molecular weight is 418 g/mol. The van der Waals surface area contributed by atoms with Crippen molar-refractivity contribution in [3.63, 3.8) is 0 Å². The minimum Gasteiger partial charge on any atom is -0.296 e. The Hall–Kier alpha value is -2.26. The first-order valence-electron chi connectivity index (χ1n) is 10.0. The Morgan fingerprint density at radius 3 is 2.48 bits per heavy atom. The summed E-state index contributed by atoms with van der Waals surface area (Å²) < 4.78 is 15.3. The second kappa shape index (κ2) is 9.04. The molecule has 0 unspecified atom stereocenters. The maximum Gasteiger partial charge on any atom is 0.239 e. The molecule has 1 aromatic carbocycles. The number of amides is 2. The van der Waals surface area contributed by atoms with Crippen LogP contribution >= 0.6 is 11.8 Å². The number of imide groups is 1. The molecule has 29 heavy (non-hydrogen) atoms. The topological polar surface area (TPSA) is 71.3 Å². The molecule has 0 saturated carbocycles. The lowest BCUT2D eigenvalue weighted by molar-refractivity contribution is -0.140. The molecule has 0 atom stereocenters. The van der Waals surface area contributed by atoms with E-state index in [1.54, 1.807) is 12.1 Å². The van der Waals surface area contributed by atoms with Crippen LogP contribution < -0.4 is 0 Å². The normalized spacial score (nSPS) is 17.8. The van der Waals surface area contributed by atoms with Crippen LogP contribution in [-0.2, 0) is 16.1 Å². The predicted octanol–water partition coefficient (Wildman–Crippen LogP) is 2.63. The lowest BCUT2D eigenvalue weighted by Crippen LogP contribution is -2.33. The van der Waals surface area contributed by atoms with Crippen LogP contribution in [0.4, 0.5) is 4.39 Å². The molecule has 9 heteroatoms. The van der Waals surface area contributed by atoms with Gasteiger partial charge in [-0.05, 0) is 56.6 Å². The number of halogens is 1. The number of rotatable bonds is 6. The summed E-state index contributed by atoms with van der Waals surface area (Å²) in [6.45, 7) is 3.19. The van der Waals surface area contributed by atoms with Gasteiger partial charge < -0.3 is 0 Å². The van der Waals surface area contributed by atoms with Gasteiger partial charge in [-0.15, -0.1) is 10.2 Å². The molecule has 0 spiro atoms. The fourth-order valence-electron chi connectivity index (χ4n) is 3.78. The Kier molecular flexibility index (Phi) is 6.25. The van der Waals surface area contributed by atoms with Crippen LogP contribution in [0.15, 0.2) is 29.4 Å². The number of aromatic nitrogens is 3. The second-order valence-electron chi connectivity index (χ2n) is 7.38. The lowest BCUT2D eigenvalue weighted by atomic mass is 10.1. The van der Waals surface area contributed by atoms with Crippen LogP contribution in [0.3, 0.4) is 0 Å². The van der Waals surface area contributed by atoms with Gasteiger partial charge in [0.25, 0.3) is 0 Å². The third-order valence-corrected chi connectivity index (χ3v) is 6.21. The summed E-state index contributed by atoms with van der Waals surface area (Å²) in [7, 11) is 0. The molecular formula is C20H24FN5O2S. The Balaban J connectivity index is 1.54. The van der Waals surface area contributed by atoms with Crippen molar-refractivity contribution in [2.24, 2.45) is 0 Å². The monoisotopic (exact) mass is 417 g/mol. The van der Waals surface area contributed by atoms with E-state index in [1.807, 2.05) is 4.57 Å². The second-order valence-corrected chi connectivity index (χ2v) is 8.32. The van der Waals surface area contributed by atoms with Gasteiger partial charge in [-0.1, -0.05) is 18.2 Å². The summed E-state index contributed by atoms with van der Waals surface area (Å²) in [6, 6.07) is 6.19. The SMILES string of the molecule is O=C1CCCN1C(=O)CSc1nnc(CN2CCCCC2)n1-c1ccc(F)cc1. The van der Waals surface area contributed by atoms with Gasteiger partial charge >= 0.3 is 0 Å². The highest BCUT2D eigenvalue weighted by Gasteiger charge is 2.27. The van der Waals surface area contributed by atoms with E-state index < -0.39 is 0 Å². The number of carbonyl (C=O) groups excluding carboxylic acids is 2. The average Bonchev–Trinajstić information content (AvgIpc) is 3.34. The van der Waals surface area contributed by atoms with Gasteiger partial charge in [0, 0.05) is 18.7 Å². The molecular weight excluding hydrogens is 393 g/mol. The van der Waals surface area contributed by atoms with Gasteiger partial charge in [0.15, 0.2) is 11.0 Å². The van der Waals surface area contributed by atoms with Crippen molar-refractivity contribution in [2.75, 3.05) is 25.4 Å². The molecule has 0 radical (unpaired) electrons. The van der Waals surface area contributed by atoms with Gasteiger partial charge in [-0.25, -0.2) is 4.39 Å². The van der Waals surface area contributed by atoms with Crippen molar-refractivity contribution in [2.45, 2.75) is 43.8 Å². The lowest BCUT2D eigenvalue weighted by Gasteiger charge is -2.26. The number of carbonyl (C=O) groups is 2. The zero-order valence-corrected chi connectivity index (χ0v) is 17.0. The predicted molar refractivity (Wildman–Crippen MR) is 107 cm³/mol. The maximum atomic E-state index is 13.4. The quantitative estimate of drug-likeness (QED) is 0.673. The number of nitrogens with zero attached hydrogens (tertiary/aromatic N) is 5. The van der Waals surface area contributed by atoms with Crippen molar-refractivity contribution in [1.29, 1.82) is 0 Å². The van der Waals surface area contributed by atoms with E-state index in [9.17, 15) is 14.0 Å². The molecule has 2 aliphatic rings. The van der Waals surface area contributed by atoms with E-state index in [2.05, 4.69) is 15.1 Å². The summed E-state index contributed by atoms with van der Waals surface area (Å²) in [6.07, 6.45) is 4.75. The van der Waals surface area contributed by atoms with Crippen LogP contribution in [0.1, 0.15) is 37.9 Å². The summed E-state index contributed by atoms with van der Waals surface area (Å²) in [4.78, 5) is 27.9. The summed E-state index contributed by atoms with van der Waals surface area (Å²) >= 11 is 1.26. The molecule has 2 fully saturated rings. The van der Waals surface area contributed by atoms with Crippen LogP contribution in [0.25, 0.3) is 5.69 Å². The molecule has 4 rings (SSSR count). The molecule has 154 valence electrons. The van der Waals surface area contributed by atoms with Gasteiger partial charge in [0.1, 0.15) is 5.82 Å². The third-order valence-electron chi connectivity index (χ3n) is 5.30. The van der Waals surface area contributed by atoms with Crippen LogP contribution in [0, 0.1) is 5.82 Å². The summed E-state index contributed by atoms with van der Waals surface area (Å²) in [5.41, 5.74) is 0.760. The molecule has 2 amide bonds. The summed E-state index contributed by atoms with van der Waals surface area (Å²) in [5.74, 6) is 0.265. The van der Waals surface area contributed by atoms with Crippen molar-refractivity contribution in [3.05, 3.63) is 35.9 Å². The van der Waals surface area contributed by atoms with Crippen molar-refractivity contribution in [1.82, 2.24) is 24.6 Å². The Bertz CT molecular complexity index is 879. The molecule has 0 bridgehead atoms. The van der Waals surface area contributed by atoms with E-state index in [4.69, 9.17) is 0 Å². The van der Waals surface area contributed by atoms with Crippen molar-refractivity contribution in [3.8, 4) is 5.69 Å². The van der Waals surface area contributed by atoms with E-state index >= 15 is 0 Å². The number of benzene rings is 1. The van der Waals surface area contributed by atoms with Crippen molar-refractivity contribution < 1.29 is 14.0 Å². The van der Waals surface area contributed by atoms with E-state index in [1.165, 1.54) is 48.1 Å². The molecule has 3 heterocycles. The Morgan fingerprint density at radius 1 is 1.03 bits per heavy atom. The van der Waals surface area contributed by atoms with Crippen LogP contribution in [-0.4, -0.2) is 61.8 Å². The molecule has 0 N–H and O–H groups in total. The molecule has 2 aromatic rings. The number of thioether (sulfide) groups is 1. The van der Waals surface area contributed by atoms with E-state index in [-0.39, 0.29) is 23.4 Å². The van der Waals surface area contributed by atoms with Gasteiger partial charge in [-0.2, -0.15) is 0 Å². The molecule has 7 nitrogen and oxygen atoms in total. The fraction of sp³-hybridized carbons (Fsp3) is 0.500. The largest absolute Gasteiger partial charge is 0.296 e. The van der Waals surface area contributed by atoms with Crippen molar-refractivity contribution >= 4 is 23.6 Å². The third kappa shape index (κ3) is 4.67. The molecule has 1 aromatic heterocycles. The fourth-order valence-corrected chi connectivity index (χ4v) is 4.63. The first kappa shape index (κ1) is 20.0. The Labute approximate surface area is 173 Å². The number of piperidine rings is 1.